The Kier molecular flexibility index (Phi) is 4.22. The minimum Gasteiger partial charge on any atom is -0.369 e. The highest BCUT2D eigenvalue weighted by atomic mass is 19.1. The van der Waals surface area contributed by atoms with Crippen molar-refractivity contribution >= 4 is 5.95 Å². The average Bonchev–Trinajstić information content (AvgIpc) is 2.60. The van der Waals surface area contributed by atoms with Crippen molar-refractivity contribution in [2.45, 2.75) is 13.5 Å². The number of anilines is 1. The highest BCUT2D eigenvalue weighted by Crippen LogP contribution is 2.28. The van der Waals surface area contributed by atoms with Crippen molar-refractivity contribution in [2.75, 3.05) is 5.73 Å². The molecular weight excluding hydrogens is 323 g/mol. The monoisotopic (exact) mass is 340 g/mol. The molecule has 0 atom stereocenters. The van der Waals surface area contributed by atoms with Gasteiger partial charge in [-0.3, -0.25) is 14.2 Å². The number of aromatic nitrogens is 3. The van der Waals surface area contributed by atoms with Gasteiger partial charge in [-0.05, 0) is 25.1 Å². The number of nitrogens with zero attached hydrogens (tertiary/aromatic N) is 3. The van der Waals surface area contributed by atoms with Gasteiger partial charge in [-0.1, -0.05) is 12.1 Å². The Hall–Kier alpha value is -3.22. The Morgan fingerprint density at radius 2 is 1.92 bits per heavy atom. The van der Waals surface area contributed by atoms with E-state index in [-0.39, 0.29) is 28.3 Å². The molecule has 0 aliphatic rings. The third kappa shape index (κ3) is 2.96. The Balaban J connectivity index is 2.38. The van der Waals surface area contributed by atoms with Gasteiger partial charge in [0.2, 0.25) is 5.95 Å². The van der Waals surface area contributed by atoms with Crippen molar-refractivity contribution in [3.05, 3.63) is 69.1 Å². The molecule has 128 valence electrons. The van der Waals surface area contributed by atoms with E-state index in [2.05, 4.69) is 4.98 Å². The first kappa shape index (κ1) is 16.6. The molecule has 1 aromatic carbocycles. The number of hydrogen-bond donors (Lipinski definition) is 1. The quantitative estimate of drug-likeness (QED) is 0.791. The van der Waals surface area contributed by atoms with Crippen LogP contribution in [0.5, 0.6) is 0 Å². The first-order valence-corrected chi connectivity index (χ1v) is 7.75. The molecular formula is C18H17FN4O2. The van der Waals surface area contributed by atoms with Crippen LogP contribution in [-0.2, 0) is 13.6 Å². The first-order chi connectivity index (χ1) is 11.9. The number of halogens is 1. The molecule has 2 N–H and O–H groups in total. The van der Waals surface area contributed by atoms with Gasteiger partial charge in [-0.15, -0.1) is 0 Å². The molecule has 0 bridgehead atoms. The van der Waals surface area contributed by atoms with Crippen LogP contribution in [0.3, 0.4) is 0 Å². The molecule has 0 unspecified atom stereocenters. The molecule has 7 heteroatoms. The van der Waals surface area contributed by atoms with Gasteiger partial charge in [0.1, 0.15) is 5.82 Å². The van der Waals surface area contributed by atoms with Crippen molar-refractivity contribution < 1.29 is 4.39 Å². The fourth-order valence-corrected chi connectivity index (χ4v) is 2.65. The van der Waals surface area contributed by atoms with Crippen molar-refractivity contribution in [1.82, 2.24) is 14.1 Å². The highest BCUT2D eigenvalue weighted by molar-refractivity contribution is 5.80. The van der Waals surface area contributed by atoms with Crippen molar-refractivity contribution in [3.63, 3.8) is 0 Å². The van der Waals surface area contributed by atoms with E-state index in [0.717, 1.165) is 0 Å². The molecule has 0 aliphatic carbocycles. The lowest BCUT2D eigenvalue weighted by Crippen LogP contribution is -2.25. The van der Waals surface area contributed by atoms with Crippen molar-refractivity contribution in [2.24, 2.45) is 7.05 Å². The minimum absolute atomic E-state index is 0.0248. The number of aryl methyl sites for hydroxylation is 1. The summed E-state index contributed by atoms with van der Waals surface area (Å²) in [4.78, 5) is 28.9. The van der Waals surface area contributed by atoms with Gasteiger partial charge in [0, 0.05) is 37.0 Å². The van der Waals surface area contributed by atoms with E-state index in [1.165, 1.54) is 40.4 Å². The van der Waals surface area contributed by atoms with Gasteiger partial charge in [-0.25, -0.2) is 9.37 Å². The molecule has 0 aliphatic heterocycles. The van der Waals surface area contributed by atoms with E-state index in [9.17, 15) is 14.0 Å². The number of rotatable bonds is 3. The van der Waals surface area contributed by atoms with E-state index >= 15 is 0 Å². The maximum atomic E-state index is 13.7. The summed E-state index contributed by atoms with van der Waals surface area (Å²) in [5, 5.41) is 0. The van der Waals surface area contributed by atoms with E-state index in [0.29, 0.717) is 17.7 Å². The zero-order valence-electron chi connectivity index (χ0n) is 13.9. The van der Waals surface area contributed by atoms with Crippen LogP contribution < -0.4 is 16.9 Å². The molecule has 0 radical (unpaired) electrons. The third-order valence-electron chi connectivity index (χ3n) is 4.04. The SMILES string of the molecule is CCn1cc(-c2c(-c3cccc(F)c3)nc(N)n(C)c2=O)ccc1=O. The molecule has 2 aromatic heterocycles. The third-order valence-corrected chi connectivity index (χ3v) is 4.04. The summed E-state index contributed by atoms with van der Waals surface area (Å²) in [6, 6.07) is 8.75. The number of pyridine rings is 1. The molecule has 0 saturated carbocycles. The summed E-state index contributed by atoms with van der Waals surface area (Å²) in [6.45, 7) is 2.29. The Bertz CT molecular complexity index is 1070. The van der Waals surface area contributed by atoms with Crippen LogP contribution in [-0.4, -0.2) is 14.1 Å². The molecule has 25 heavy (non-hydrogen) atoms. The summed E-state index contributed by atoms with van der Waals surface area (Å²) in [5.41, 5.74) is 6.80. The van der Waals surface area contributed by atoms with Gasteiger partial charge in [0.25, 0.3) is 11.1 Å². The molecule has 3 rings (SSSR count). The van der Waals surface area contributed by atoms with E-state index < -0.39 is 5.82 Å². The van der Waals surface area contributed by atoms with Crippen LogP contribution in [0.15, 0.2) is 52.2 Å². The average molecular weight is 340 g/mol. The summed E-state index contributed by atoms with van der Waals surface area (Å²) in [7, 11) is 1.51. The topological polar surface area (TPSA) is 82.9 Å². The van der Waals surface area contributed by atoms with Crippen LogP contribution in [0.1, 0.15) is 6.92 Å². The van der Waals surface area contributed by atoms with E-state index in [1.807, 2.05) is 6.92 Å². The summed E-state index contributed by atoms with van der Waals surface area (Å²) in [5.74, 6) is -0.417. The lowest BCUT2D eigenvalue weighted by atomic mass is 10.0. The molecule has 0 amide bonds. The number of nitrogens with two attached hydrogens (primary N) is 1. The normalized spacial score (nSPS) is 10.8. The minimum atomic E-state index is -0.442. The first-order valence-electron chi connectivity index (χ1n) is 7.75. The van der Waals surface area contributed by atoms with E-state index in [1.54, 1.807) is 18.3 Å². The lowest BCUT2D eigenvalue weighted by molar-refractivity contribution is 0.628. The second kappa shape index (κ2) is 6.35. The predicted octanol–water partition coefficient (Wildman–Crippen LogP) is 2.02. The molecule has 0 fully saturated rings. The van der Waals surface area contributed by atoms with Crippen LogP contribution in [0.4, 0.5) is 10.3 Å². The van der Waals surface area contributed by atoms with Crippen LogP contribution in [0.25, 0.3) is 22.4 Å². The van der Waals surface area contributed by atoms with Crippen LogP contribution >= 0.6 is 0 Å². The Labute approximate surface area is 143 Å². The summed E-state index contributed by atoms with van der Waals surface area (Å²) >= 11 is 0. The van der Waals surface area contributed by atoms with Crippen LogP contribution in [0, 0.1) is 5.82 Å². The maximum Gasteiger partial charge on any atom is 0.263 e. The smallest absolute Gasteiger partial charge is 0.263 e. The van der Waals surface area contributed by atoms with E-state index in [4.69, 9.17) is 5.73 Å². The lowest BCUT2D eigenvalue weighted by Gasteiger charge is -2.13. The van der Waals surface area contributed by atoms with Gasteiger partial charge in [0.05, 0.1) is 11.3 Å². The zero-order valence-corrected chi connectivity index (χ0v) is 13.9. The summed E-state index contributed by atoms with van der Waals surface area (Å²) in [6.07, 6.45) is 1.60. The fraction of sp³-hybridized carbons (Fsp3) is 0.167. The fourth-order valence-electron chi connectivity index (χ4n) is 2.65. The van der Waals surface area contributed by atoms with Crippen molar-refractivity contribution in [3.8, 4) is 22.4 Å². The molecule has 0 spiro atoms. The molecule has 6 nitrogen and oxygen atoms in total. The van der Waals surface area contributed by atoms with Crippen molar-refractivity contribution in [1.29, 1.82) is 0 Å². The zero-order chi connectivity index (χ0) is 18.1. The Morgan fingerprint density at radius 1 is 1.16 bits per heavy atom. The predicted molar refractivity (Wildman–Crippen MR) is 94.7 cm³/mol. The standard InChI is InChI=1S/C18H17FN4O2/c1-3-23-10-12(7-8-14(23)24)15-16(11-5-4-6-13(19)9-11)21-18(20)22(2)17(15)25/h4-10H,3H2,1-2H3,(H2,20,21). The van der Waals surface area contributed by atoms with Gasteiger partial charge < -0.3 is 10.3 Å². The number of benzene rings is 1. The molecule has 2 heterocycles. The summed E-state index contributed by atoms with van der Waals surface area (Å²) < 4.78 is 16.4. The second-order valence-corrected chi connectivity index (χ2v) is 5.61. The largest absolute Gasteiger partial charge is 0.369 e. The number of hydrogen-bond acceptors (Lipinski definition) is 4. The molecule has 0 saturated heterocycles. The van der Waals surface area contributed by atoms with Gasteiger partial charge in [-0.2, -0.15) is 0 Å². The molecule has 3 aromatic rings. The van der Waals surface area contributed by atoms with Crippen LogP contribution in [0.2, 0.25) is 0 Å². The number of nitrogen functional groups attached to an aromatic ring is 1. The Morgan fingerprint density at radius 3 is 2.60 bits per heavy atom. The second-order valence-electron chi connectivity index (χ2n) is 5.61. The van der Waals surface area contributed by atoms with Gasteiger partial charge >= 0.3 is 0 Å². The highest BCUT2D eigenvalue weighted by Gasteiger charge is 2.18. The maximum absolute atomic E-state index is 13.7. The van der Waals surface area contributed by atoms with Gasteiger partial charge in [0.15, 0.2) is 0 Å².